The number of hydrogen-bond acceptors (Lipinski definition) is 3. The van der Waals surface area contributed by atoms with Gasteiger partial charge >= 0.3 is 0 Å². The van der Waals surface area contributed by atoms with Crippen LogP contribution in [-0.2, 0) is 10.0 Å². The lowest BCUT2D eigenvalue weighted by Gasteiger charge is -2.12. The van der Waals surface area contributed by atoms with Crippen LogP contribution in [-0.4, -0.2) is 18.6 Å². The fourth-order valence-corrected chi connectivity index (χ4v) is 3.73. The molecule has 11 heteroatoms. The fraction of sp³-hybridized carbons (Fsp3) is 0. The van der Waals surface area contributed by atoms with E-state index in [1.54, 1.807) is 4.72 Å². The van der Waals surface area contributed by atoms with Crippen LogP contribution in [0.5, 0.6) is 0 Å². The number of rotatable bonds is 4. The predicted octanol–water partition coefficient (Wildman–Crippen LogP) is 4.20. The average Bonchev–Trinajstić information content (AvgIpc) is 2.98. The van der Waals surface area contributed by atoms with Crippen LogP contribution in [0.15, 0.2) is 45.9 Å². The maximum atomic E-state index is 14.7. The first-order valence-corrected chi connectivity index (χ1v) is 9.13. The highest BCUT2D eigenvalue weighted by Crippen LogP contribution is 2.34. The summed E-state index contributed by atoms with van der Waals surface area (Å²) in [4.78, 5) is -1.01. The van der Waals surface area contributed by atoms with Crippen molar-refractivity contribution in [3.63, 3.8) is 0 Å². The number of aromatic nitrogens is 2. The summed E-state index contributed by atoms with van der Waals surface area (Å²) in [5, 5.41) is 6.00. The molecule has 0 spiro atoms. The van der Waals surface area contributed by atoms with Crippen molar-refractivity contribution in [3.8, 4) is 11.3 Å². The van der Waals surface area contributed by atoms with Gasteiger partial charge in [0.15, 0.2) is 5.82 Å². The van der Waals surface area contributed by atoms with Gasteiger partial charge in [0, 0.05) is 0 Å². The first kappa shape index (κ1) is 18.4. The molecule has 5 nitrogen and oxygen atoms in total. The minimum Gasteiger partial charge on any atom is -0.277 e. The molecule has 1 heterocycles. The van der Waals surface area contributed by atoms with E-state index in [1.807, 2.05) is 0 Å². The van der Waals surface area contributed by atoms with Crippen molar-refractivity contribution in [2.24, 2.45) is 0 Å². The van der Waals surface area contributed by atoms with Gasteiger partial charge in [-0.15, -0.1) is 0 Å². The summed E-state index contributed by atoms with van der Waals surface area (Å²) in [6, 6.07) is 3.46. The molecule has 2 N–H and O–H groups in total. The monoisotopic (exact) mass is 449 g/mol. The summed E-state index contributed by atoms with van der Waals surface area (Å²) in [5.41, 5.74) is -1.28. The molecule has 0 aliphatic heterocycles. The molecule has 0 saturated heterocycles. The quantitative estimate of drug-likeness (QED) is 0.586. The third-order valence-corrected chi connectivity index (χ3v) is 5.34. The maximum Gasteiger partial charge on any atom is 0.265 e. The zero-order valence-electron chi connectivity index (χ0n) is 12.5. The van der Waals surface area contributed by atoms with Crippen molar-refractivity contribution in [2.45, 2.75) is 4.90 Å². The van der Waals surface area contributed by atoms with Gasteiger partial charge in [0.05, 0.1) is 27.6 Å². The Morgan fingerprint density at radius 2 is 1.73 bits per heavy atom. The molecule has 0 atom stereocenters. The topological polar surface area (TPSA) is 74.8 Å². The second-order valence-corrected chi connectivity index (χ2v) is 7.56. The molecule has 136 valence electrons. The normalized spacial score (nSPS) is 11.6. The van der Waals surface area contributed by atoms with Crippen molar-refractivity contribution < 1.29 is 26.0 Å². The smallest absolute Gasteiger partial charge is 0.265 e. The standard InChI is InChI=1S/C15H8BrF4N3O2S/c16-8-6-21-22-15(8)13-10(19)3-4-11(14(13)20)23-26(24,25)12-5-7(17)1-2-9(12)18/h1-6,23H,(H,21,22). The molecule has 0 unspecified atom stereocenters. The average molecular weight is 450 g/mol. The molecule has 0 aliphatic rings. The van der Waals surface area contributed by atoms with Gasteiger partial charge in [-0.05, 0) is 46.3 Å². The summed E-state index contributed by atoms with van der Waals surface area (Å²) >= 11 is 3.05. The molecule has 0 radical (unpaired) electrons. The van der Waals surface area contributed by atoms with Crippen molar-refractivity contribution in [1.82, 2.24) is 10.2 Å². The molecular formula is C15H8BrF4N3O2S. The van der Waals surface area contributed by atoms with E-state index in [0.29, 0.717) is 12.1 Å². The molecular weight excluding hydrogens is 442 g/mol. The number of halogens is 5. The van der Waals surface area contributed by atoms with E-state index in [0.717, 1.165) is 18.2 Å². The fourth-order valence-electron chi connectivity index (χ4n) is 2.19. The molecule has 1 aromatic heterocycles. The second-order valence-electron chi connectivity index (χ2n) is 5.06. The van der Waals surface area contributed by atoms with E-state index >= 15 is 0 Å². The highest BCUT2D eigenvalue weighted by atomic mass is 79.9. The zero-order valence-corrected chi connectivity index (χ0v) is 14.9. The molecule has 0 bridgehead atoms. The third kappa shape index (κ3) is 3.31. The number of nitrogens with zero attached hydrogens (tertiary/aromatic N) is 1. The van der Waals surface area contributed by atoms with Gasteiger partial charge < -0.3 is 0 Å². The van der Waals surface area contributed by atoms with Crippen molar-refractivity contribution in [3.05, 3.63) is 64.3 Å². The van der Waals surface area contributed by atoms with Crippen LogP contribution in [0.2, 0.25) is 0 Å². The van der Waals surface area contributed by atoms with Crippen LogP contribution < -0.4 is 4.72 Å². The summed E-state index contributed by atoms with van der Waals surface area (Å²) in [6.45, 7) is 0. The lowest BCUT2D eigenvalue weighted by Crippen LogP contribution is -2.16. The van der Waals surface area contributed by atoms with Gasteiger partial charge in [-0.2, -0.15) is 5.10 Å². The van der Waals surface area contributed by atoms with Crippen LogP contribution >= 0.6 is 15.9 Å². The molecule has 3 rings (SSSR count). The zero-order chi connectivity index (χ0) is 19.1. The lowest BCUT2D eigenvalue weighted by atomic mass is 10.1. The number of hydrogen-bond donors (Lipinski definition) is 2. The Morgan fingerprint density at radius 3 is 2.38 bits per heavy atom. The Morgan fingerprint density at radius 1 is 1.04 bits per heavy atom. The number of benzene rings is 2. The van der Waals surface area contributed by atoms with Gasteiger partial charge in [0.1, 0.15) is 22.3 Å². The van der Waals surface area contributed by atoms with E-state index < -0.39 is 49.4 Å². The van der Waals surface area contributed by atoms with Gasteiger partial charge in [0.25, 0.3) is 10.0 Å². The molecule has 26 heavy (non-hydrogen) atoms. The second kappa shape index (κ2) is 6.72. The number of anilines is 1. The molecule has 0 saturated carbocycles. The first-order chi connectivity index (χ1) is 12.2. The summed E-state index contributed by atoms with van der Waals surface area (Å²) in [5.74, 6) is -4.45. The third-order valence-electron chi connectivity index (χ3n) is 3.36. The van der Waals surface area contributed by atoms with Crippen molar-refractivity contribution in [2.75, 3.05) is 4.72 Å². The van der Waals surface area contributed by atoms with Crippen molar-refractivity contribution in [1.29, 1.82) is 0 Å². The Labute approximate surface area is 153 Å². The van der Waals surface area contributed by atoms with Gasteiger partial charge in [0.2, 0.25) is 0 Å². The van der Waals surface area contributed by atoms with Crippen LogP contribution in [0.4, 0.5) is 23.2 Å². The van der Waals surface area contributed by atoms with Crippen LogP contribution in [0.1, 0.15) is 0 Å². The van der Waals surface area contributed by atoms with Crippen LogP contribution in [0, 0.1) is 23.3 Å². The number of nitrogens with one attached hydrogen (secondary N) is 2. The van der Waals surface area contributed by atoms with Gasteiger partial charge in [-0.25, -0.2) is 26.0 Å². The number of sulfonamides is 1. The van der Waals surface area contributed by atoms with Crippen LogP contribution in [0.3, 0.4) is 0 Å². The molecule has 0 aliphatic carbocycles. The Bertz CT molecular complexity index is 1100. The van der Waals surface area contributed by atoms with Gasteiger partial charge in [-0.1, -0.05) is 0 Å². The van der Waals surface area contributed by atoms with E-state index in [2.05, 4.69) is 26.1 Å². The van der Waals surface area contributed by atoms with E-state index in [9.17, 15) is 26.0 Å². The number of aromatic amines is 1. The van der Waals surface area contributed by atoms with E-state index in [1.165, 1.54) is 6.20 Å². The molecule has 2 aromatic carbocycles. The Balaban J connectivity index is 2.09. The highest BCUT2D eigenvalue weighted by molar-refractivity contribution is 9.10. The molecule has 0 fully saturated rings. The van der Waals surface area contributed by atoms with Crippen molar-refractivity contribution >= 4 is 31.6 Å². The van der Waals surface area contributed by atoms with Gasteiger partial charge in [-0.3, -0.25) is 9.82 Å². The lowest BCUT2D eigenvalue weighted by molar-refractivity contribution is 0.554. The summed E-state index contributed by atoms with van der Waals surface area (Å²) in [6.07, 6.45) is 1.26. The molecule has 0 amide bonds. The first-order valence-electron chi connectivity index (χ1n) is 6.86. The number of H-pyrrole nitrogens is 1. The van der Waals surface area contributed by atoms with Crippen LogP contribution in [0.25, 0.3) is 11.3 Å². The largest absolute Gasteiger partial charge is 0.277 e. The molecule has 3 aromatic rings. The predicted molar refractivity (Wildman–Crippen MR) is 88.8 cm³/mol. The maximum absolute atomic E-state index is 14.7. The Hall–Kier alpha value is -2.40. The SMILES string of the molecule is O=S(=O)(Nc1ccc(F)c(-c2[nH]ncc2Br)c1F)c1cc(F)ccc1F. The minimum absolute atomic E-state index is 0.0574. The van der Waals surface area contributed by atoms with E-state index in [-0.39, 0.29) is 10.2 Å². The summed E-state index contributed by atoms with van der Waals surface area (Å²) in [7, 11) is -4.66. The highest BCUT2D eigenvalue weighted by Gasteiger charge is 2.25. The summed E-state index contributed by atoms with van der Waals surface area (Å²) < 4.78 is 82.3. The van der Waals surface area contributed by atoms with E-state index in [4.69, 9.17) is 0 Å². The minimum atomic E-state index is -4.66. The Kier molecular flexibility index (Phi) is 4.76.